The summed E-state index contributed by atoms with van der Waals surface area (Å²) in [6, 6.07) is 0. The summed E-state index contributed by atoms with van der Waals surface area (Å²) in [6.07, 6.45) is 1.44. The molecule has 0 radical (unpaired) electrons. The first-order chi connectivity index (χ1) is 10.3. The fourth-order valence-electron chi connectivity index (χ4n) is 2.40. The summed E-state index contributed by atoms with van der Waals surface area (Å²) in [5.74, 6) is -2.36. The third-order valence-corrected chi connectivity index (χ3v) is 4.02. The summed E-state index contributed by atoms with van der Waals surface area (Å²) in [5.41, 5.74) is -1.59. The molecule has 2 N–H and O–H groups in total. The fraction of sp³-hybridized carbons (Fsp3) is 0.875. The molecule has 0 heterocycles. The standard InChI is InChI=1S/C16H30O6/c1-5-7-9-21-12(3)16(15(19)20,11-14(17)18)13(4)22-10-8-6-2/h12-13H,5-11H2,1-4H3,(H,17,18)(H,19,20). The maximum absolute atomic E-state index is 11.9. The molecule has 0 aliphatic heterocycles. The highest BCUT2D eigenvalue weighted by Crippen LogP contribution is 2.36. The Hall–Kier alpha value is -1.14. The van der Waals surface area contributed by atoms with Gasteiger partial charge in [-0.15, -0.1) is 0 Å². The Balaban J connectivity index is 5.21. The van der Waals surface area contributed by atoms with Crippen molar-refractivity contribution >= 4 is 11.9 Å². The molecule has 0 amide bonds. The fourth-order valence-corrected chi connectivity index (χ4v) is 2.40. The average molecular weight is 318 g/mol. The van der Waals surface area contributed by atoms with Gasteiger partial charge in [0.15, 0.2) is 0 Å². The number of carboxylic acid groups (broad SMARTS) is 2. The van der Waals surface area contributed by atoms with Crippen molar-refractivity contribution < 1.29 is 29.3 Å². The first-order valence-electron chi connectivity index (χ1n) is 8.01. The molecule has 2 atom stereocenters. The van der Waals surface area contributed by atoms with Gasteiger partial charge < -0.3 is 19.7 Å². The summed E-state index contributed by atoms with van der Waals surface area (Å²) in [6.45, 7) is 8.07. The molecule has 22 heavy (non-hydrogen) atoms. The van der Waals surface area contributed by atoms with E-state index < -0.39 is 36.0 Å². The second-order valence-corrected chi connectivity index (χ2v) is 5.65. The van der Waals surface area contributed by atoms with E-state index in [0.717, 1.165) is 25.7 Å². The maximum atomic E-state index is 11.9. The second kappa shape index (κ2) is 10.6. The Morgan fingerprint density at radius 1 is 0.955 bits per heavy atom. The van der Waals surface area contributed by atoms with Crippen LogP contribution in [0.3, 0.4) is 0 Å². The Kier molecular flexibility index (Phi) is 10.0. The van der Waals surface area contributed by atoms with Crippen LogP contribution in [0.25, 0.3) is 0 Å². The highest BCUT2D eigenvalue weighted by atomic mass is 16.5. The molecule has 0 aliphatic rings. The molecule has 6 heteroatoms. The van der Waals surface area contributed by atoms with E-state index >= 15 is 0 Å². The first-order valence-corrected chi connectivity index (χ1v) is 8.01. The average Bonchev–Trinajstić information content (AvgIpc) is 2.44. The summed E-state index contributed by atoms with van der Waals surface area (Å²) < 4.78 is 11.2. The minimum Gasteiger partial charge on any atom is -0.481 e. The molecule has 0 aromatic rings. The van der Waals surface area contributed by atoms with E-state index in [-0.39, 0.29) is 0 Å². The number of aliphatic carboxylic acids is 2. The van der Waals surface area contributed by atoms with Crippen molar-refractivity contribution in [1.82, 2.24) is 0 Å². The summed E-state index contributed by atoms with van der Waals surface area (Å²) in [5, 5.41) is 18.9. The van der Waals surface area contributed by atoms with Crippen molar-refractivity contribution in [3.8, 4) is 0 Å². The molecule has 0 spiro atoms. The summed E-state index contributed by atoms with van der Waals surface area (Å²) >= 11 is 0. The van der Waals surface area contributed by atoms with Crippen molar-refractivity contribution in [2.75, 3.05) is 13.2 Å². The van der Waals surface area contributed by atoms with E-state index in [2.05, 4.69) is 0 Å². The predicted molar refractivity (Wildman–Crippen MR) is 83.0 cm³/mol. The van der Waals surface area contributed by atoms with Crippen molar-refractivity contribution in [2.24, 2.45) is 5.41 Å². The summed E-state index contributed by atoms with van der Waals surface area (Å²) in [4.78, 5) is 23.1. The lowest BCUT2D eigenvalue weighted by Crippen LogP contribution is -2.52. The van der Waals surface area contributed by atoms with Crippen LogP contribution in [0.1, 0.15) is 59.8 Å². The molecule has 0 rings (SSSR count). The lowest BCUT2D eigenvalue weighted by molar-refractivity contribution is -0.183. The molecule has 2 unspecified atom stereocenters. The normalized spacial score (nSPS) is 16.7. The number of hydrogen-bond donors (Lipinski definition) is 2. The summed E-state index contributed by atoms with van der Waals surface area (Å²) in [7, 11) is 0. The molecular formula is C16H30O6. The molecule has 130 valence electrons. The first kappa shape index (κ1) is 20.9. The van der Waals surface area contributed by atoms with Crippen LogP contribution in [0.15, 0.2) is 0 Å². The number of unbranched alkanes of at least 4 members (excludes halogenated alkanes) is 2. The largest absolute Gasteiger partial charge is 0.481 e. The minimum atomic E-state index is -1.59. The van der Waals surface area contributed by atoms with Crippen LogP contribution in [0, 0.1) is 5.41 Å². The van der Waals surface area contributed by atoms with Crippen LogP contribution in [0.4, 0.5) is 0 Å². The molecule has 0 aromatic heterocycles. The van der Waals surface area contributed by atoms with Gasteiger partial charge >= 0.3 is 11.9 Å². The van der Waals surface area contributed by atoms with E-state index in [4.69, 9.17) is 14.6 Å². The zero-order valence-corrected chi connectivity index (χ0v) is 14.1. The third kappa shape index (κ3) is 5.93. The van der Waals surface area contributed by atoms with Crippen LogP contribution < -0.4 is 0 Å². The highest BCUT2D eigenvalue weighted by Gasteiger charge is 2.51. The van der Waals surface area contributed by atoms with Gasteiger partial charge in [0.05, 0.1) is 18.6 Å². The number of ether oxygens (including phenoxy) is 2. The number of carbonyl (C=O) groups is 2. The van der Waals surface area contributed by atoms with Gasteiger partial charge in [0.1, 0.15) is 5.41 Å². The third-order valence-electron chi connectivity index (χ3n) is 4.02. The minimum absolute atomic E-state index is 0.411. The zero-order valence-electron chi connectivity index (χ0n) is 14.1. The molecular weight excluding hydrogens is 288 g/mol. The van der Waals surface area contributed by atoms with Gasteiger partial charge in [0.25, 0.3) is 0 Å². The SMILES string of the molecule is CCCCOC(C)C(CC(=O)O)(C(=O)O)C(C)OCCCC. The van der Waals surface area contributed by atoms with E-state index in [9.17, 15) is 14.7 Å². The van der Waals surface area contributed by atoms with E-state index in [1.54, 1.807) is 13.8 Å². The van der Waals surface area contributed by atoms with Crippen molar-refractivity contribution in [2.45, 2.75) is 72.0 Å². The van der Waals surface area contributed by atoms with Crippen molar-refractivity contribution in [1.29, 1.82) is 0 Å². The zero-order chi connectivity index (χ0) is 17.2. The topological polar surface area (TPSA) is 93.1 Å². The van der Waals surface area contributed by atoms with Gasteiger partial charge in [0.2, 0.25) is 0 Å². The van der Waals surface area contributed by atoms with Crippen molar-refractivity contribution in [3.63, 3.8) is 0 Å². The van der Waals surface area contributed by atoms with Crippen LogP contribution >= 0.6 is 0 Å². The van der Waals surface area contributed by atoms with Gasteiger partial charge in [0, 0.05) is 13.2 Å². The Morgan fingerprint density at radius 3 is 1.64 bits per heavy atom. The lowest BCUT2D eigenvalue weighted by Gasteiger charge is -2.38. The van der Waals surface area contributed by atoms with Crippen LogP contribution in [0.5, 0.6) is 0 Å². The van der Waals surface area contributed by atoms with Crippen LogP contribution in [-0.4, -0.2) is 47.6 Å². The predicted octanol–water partition coefficient (Wildman–Crippen LogP) is 2.94. The van der Waals surface area contributed by atoms with Gasteiger partial charge in [-0.3, -0.25) is 9.59 Å². The van der Waals surface area contributed by atoms with Gasteiger partial charge in [-0.1, -0.05) is 26.7 Å². The van der Waals surface area contributed by atoms with E-state index in [0.29, 0.717) is 13.2 Å². The highest BCUT2D eigenvalue weighted by molar-refractivity contribution is 5.82. The van der Waals surface area contributed by atoms with E-state index in [1.807, 2.05) is 13.8 Å². The molecule has 0 bridgehead atoms. The van der Waals surface area contributed by atoms with Crippen LogP contribution in [-0.2, 0) is 19.1 Å². The Morgan fingerprint density at radius 2 is 1.36 bits per heavy atom. The number of rotatable bonds is 13. The van der Waals surface area contributed by atoms with Crippen molar-refractivity contribution in [3.05, 3.63) is 0 Å². The van der Waals surface area contributed by atoms with Gasteiger partial charge in [-0.05, 0) is 26.7 Å². The Labute approximate surface area is 132 Å². The van der Waals surface area contributed by atoms with Gasteiger partial charge in [-0.25, -0.2) is 0 Å². The lowest BCUT2D eigenvalue weighted by atomic mass is 9.74. The molecule has 0 aromatic carbocycles. The number of carboxylic acids is 2. The molecule has 0 saturated carbocycles. The van der Waals surface area contributed by atoms with Crippen LogP contribution in [0.2, 0.25) is 0 Å². The monoisotopic (exact) mass is 318 g/mol. The molecule has 0 saturated heterocycles. The van der Waals surface area contributed by atoms with E-state index in [1.165, 1.54) is 0 Å². The van der Waals surface area contributed by atoms with Gasteiger partial charge in [-0.2, -0.15) is 0 Å². The quantitative estimate of drug-likeness (QED) is 0.507. The molecule has 0 fully saturated rings. The number of hydrogen-bond acceptors (Lipinski definition) is 4. The smallest absolute Gasteiger partial charge is 0.315 e. The maximum Gasteiger partial charge on any atom is 0.315 e. The molecule has 0 aliphatic carbocycles. The molecule has 6 nitrogen and oxygen atoms in total. The second-order valence-electron chi connectivity index (χ2n) is 5.65. The Bertz CT molecular complexity index is 326.